The van der Waals surface area contributed by atoms with Crippen LogP contribution in [0, 0.1) is 5.82 Å². The van der Waals surface area contributed by atoms with Crippen LogP contribution < -0.4 is 5.73 Å². The molecule has 0 aliphatic carbocycles. The normalized spacial score (nSPS) is 13.4. The van der Waals surface area contributed by atoms with Gasteiger partial charge in [-0.25, -0.2) is 9.37 Å². The van der Waals surface area contributed by atoms with E-state index in [4.69, 9.17) is 10.5 Å². The van der Waals surface area contributed by atoms with Gasteiger partial charge in [-0.1, -0.05) is 6.92 Å². The number of alkyl halides is 3. The predicted molar refractivity (Wildman–Crippen MR) is 109 cm³/mol. The van der Waals surface area contributed by atoms with Gasteiger partial charge >= 0.3 is 6.18 Å². The van der Waals surface area contributed by atoms with E-state index in [1.807, 2.05) is 6.92 Å². The fourth-order valence-electron chi connectivity index (χ4n) is 3.73. The summed E-state index contributed by atoms with van der Waals surface area (Å²) in [7, 11) is 0. The fraction of sp³-hybridized carbons (Fsp3) is 0.318. The molecular weight excluding hydrogens is 428 g/mol. The topological polar surface area (TPSA) is 81.3 Å². The average Bonchev–Trinajstić information content (AvgIpc) is 3.23. The van der Waals surface area contributed by atoms with E-state index in [-0.39, 0.29) is 36.8 Å². The van der Waals surface area contributed by atoms with Crippen molar-refractivity contribution >= 4 is 22.6 Å². The Morgan fingerprint density at radius 3 is 2.62 bits per heavy atom. The highest BCUT2D eigenvalue weighted by Gasteiger charge is 2.31. The van der Waals surface area contributed by atoms with E-state index in [9.17, 15) is 22.4 Å². The molecule has 3 aromatic rings. The van der Waals surface area contributed by atoms with Crippen LogP contribution >= 0.6 is 0 Å². The number of nitrogens with two attached hydrogens (primary N) is 1. The summed E-state index contributed by atoms with van der Waals surface area (Å²) in [6, 6.07) is 4.73. The smallest absolute Gasteiger partial charge is 0.383 e. The number of ether oxygens (including phenoxy) is 1. The van der Waals surface area contributed by atoms with Crippen molar-refractivity contribution in [1.29, 1.82) is 0 Å². The third-order valence-corrected chi connectivity index (χ3v) is 5.33. The van der Waals surface area contributed by atoms with Crippen LogP contribution in [0.15, 0.2) is 30.5 Å². The van der Waals surface area contributed by atoms with E-state index in [1.165, 1.54) is 17.0 Å². The van der Waals surface area contributed by atoms with Gasteiger partial charge in [0.2, 0.25) is 0 Å². The lowest BCUT2D eigenvalue weighted by atomic mass is 10.0. The summed E-state index contributed by atoms with van der Waals surface area (Å²) in [4.78, 5) is 22.6. The van der Waals surface area contributed by atoms with Crippen LogP contribution in [0.4, 0.5) is 23.4 Å². The van der Waals surface area contributed by atoms with E-state index in [0.717, 1.165) is 29.5 Å². The van der Waals surface area contributed by atoms with Crippen molar-refractivity contribution in [2.45, 2.75) is 39.3 Å². The zero-order valence-electron chi connectivity index (χ0n) is 17.2. The number of carbonyl (C=O) groups is 1. The van der Waals surface area contributed by atoms with E-state index >= 15 is 0 Å². The number of hydrogen-bond acceptors (Lipinski definition) is 5. The average molecular weight is 448 g/mol. The number of pyridine rings is 2. The quantitative estimate of drug-likeness (QED) is 0.583. The number of amides is 1. The van der Waals surface area contributed by atoms with Gasteiger partial charge < -0.3 is 15.4 Å². The SMILES string of the molecule is CCCN(Cc1ccc(C(F)(F)F)cn1)C(=O)c1cc2c3c(c(N)nc2cc1F)COC3. The first kappa shape index (κ1) is 21.9. The van der Waals surface area contributed by atoms with E-state index in [0.29, 0.717) is 23.9 Å². The first-order chi connectivity index (χ1) is 15.2. The van der Waals surface area contributed by atoms with Crippen LogP contribution in [0.5, 0.6) is 0 Å². The largest absolute Gasteiger partial charge is 0.417 e. The first-order valence-corrected chi connectivity index (χ1v) is 9.98. The molecule has 0 radical (unpaired) electrons. The summed E-state index contributed by atoms with van der Waals surface area (Å²) in [6.45, 7) is 2.65. The Labute approximate surface area is 181 Å². The highest BCUT2D eigenvalue weighted by atomic mass is 19.4. The first-order valence-electron chi connectivity index (χ1n) is 9.98. The van der Waals surface area contributed by atoms with Crippen LogP contribution in [-0.2, 0) is 30.7 Å². The molecular formula is C22H20F4N4O2. The number of fused-ring (bicyclic) bond motifs is 3. The van der Waals surface area contributed by atoms with Gasteiger partial charge in [-0.15, -0.1) is 0 Å². The van der Waals surface area contributed by atoms with Crippen molar-refractivity contribution < 1.29 is 27.1 Å². The molecule has 168 valence electrons. The summed E-state index contributed by atoms with van der Waals surface area (Å²) >= 11 is 0. The maximum Gasteiger partial charge on any atom is 0.417 e. The number of aromatic nitrogens is 2. The molecule has 1 aliphatic heterocycles. The minimum Gasteiger partial charge on any atom is -0.383 e. The van der Waals surface area contributed by atoms with Crippen LogP contribution in [0.2, 0.25) is 0 Å². The fourth-order valence-corrected chi connectivity index (χ4v) is 3.73. The lowest BCUT2D eigenvalue weighted by Crippen LogP contribution is -2.32. The summed E-state index contributed by atoms with van der Waals surface area (Å²) in [5.41, 5.74) is 6.99. The molecule has 0 fully saturated rings. The van der Waals surface area contributed by atoms with Crippen molar-refractivity contribution in [2.75, 3.05) is 12.3 Å². The third kappa shape index (κ3) is 4.10. The van der Waals surface area contributed by atoms with Crippen LogP contribution in [0.3, 0.4) is 0 Å². The molecule has 1 amide bonds. The second-order valence-electron chi connectivity index (χ2n) is 7.56. The molecule has 0 saturated carbocycles. The Hall–Kier alpha value is -3.27. The van der Waals surface area contributed by atoms with Gasteiger partial charge in [0, 0.05) is 29.8 Å². The molecule has 0 atom stereocenters. The Kier molecular flexibility index (Phi) is 5.72. The van der Waals surface area contributed by atoms with E-state index in [1.54, 1.807) is 0 Å². The molecule has 10 heteroatoms. The van der Waals surface area contributed by atoms with Crippen molar-refractivity contribution in [3.8, 4) is 0 Å². The molecule has 0 saturated heterocycles. The number of carbonyl (C=O) groups excluding carboxylic acids is 1. The summed E-state index contributed by atoms with van der Waals surface area (Å²) in [5.74, 6) is -1.07. The standard InChI is InChI=1S/C22H20F4N4O2/c1-2-5-30(9-13-4-3-12(8-28-13)22(24,25)26)21(31)15-6-14-16-10-32-11-17(16)20(27)29-19(14)7-18(15)23/h3-4,6-8H,2,5,9-11H2,1H3,(H2,27,29). The number of hydrogen-bond donors (Lipinski definition) is 1. The zero-order valence-corrected chi connectivity index (χ0v) is 17.2. The molecule has 2 N–H and O–H groups in total. The molecule has 0 unspecified atom stereocenters. The number of benzene rings is 1. The molecule has 4 rings (SSSR count). The maximum atomic E-state index is 14.9. The van der Waals surface area contributed by atoms with Gasteiger partial charge in [0.05, 0.1) is 42.1 Å². The van der Waals surface area contributed by atoms with Gasteiger partial charge in [-0.3, -0.25) is 9.78 Å². The summed E-state index contributed by atoms with van der Waals surface area (Å²) < 4.78 is 58.6. The zero-order chi connectivity index (χ0) is 23.0. The molecule has 0 spiro atoms. The van der Waals surface area contributed by atoms with Crippen molar-refractivity contribution in [1.82, 2.24) is 14.9 Å². The molecule has 1 aromatic carbocycles. The minimum absolute atomic E-state index is 0.0521. The monoisotopic (exact) mass is 448 g/mol. The number of nitrogens with zero attached hydrogens (tertiary/aromatic N) is 3. The molecule has 32 heavy (non-hydrogen) atoms. The molecule has 2 aromatic heterocycles. The second kappa shape index (κ2) is 8.34. The van der Waals surface area contributed by atoms with E-state index in [2.05, 4.69) is 9.97 Å². The molecule has 3 heterocycles. The lowest BCUT2D eigenvalue weighted by Gasteiger charge is -2.22. The highest BCUT2D eigenvalue weighted by Crippen LogP contribution is 2.33. The van der Waals surface area contributed by atoms with Crippen LogP contribution in [0.1, 0.15) is 46.1 Å². The van der Waals surface area contributed by atoms with Crippen molar-refractivity contribution in [3.63, 3.8) is 0 Å². The molecule has 1 aliphatic rings. The number of rotatable bonds is 5. The maximum absolute atomic E-state index is 14.9. The minimum atomic E-state index is -4.50. The Morgan fingerprint density at radius 1 is 1.22 bits per heavy atom. The van der Waals surface area contributed by atoms with E-state index < -0.39 is 23.5 Å². The second-order valence-corrected chi connectivity index (χ2v) is 7.56. The highest BCUT2D eigenvalue weighted by molar-refractivity contribution is 5.99. The van der Waals surface area contributed by atoms with Gasteiger partial charge in [0.1, 0.15) is 11.6 Å². The number of anilines is 1. The summed E-state index contributed by atoms with van der Waals surface area (Å²) in [5, 5.41) is 0.584. The Balaban J connectivity index is 1.67. The van der Waals surface area contributed by atoms with Gasteiger partial charge in [0.15, 0.2) is 0 Å². The van der Waals surface area contributed by atoms with Gasteiger partial charge in [-0.05, 0) is 30.2 Å². The Bertz CT molecular complexity index is 1180. The molecule has 0 bridgehead atoms. The van der Waals surface area contributed by atoms with Crippen molar-refractivity contribution in [2.24, 2.45) is 0 Å². The van der Waals surface area contributed by atoms with Crippen molar-refractivity contribution in [3.05, 3.63) is 64.2 Å². The lowest BCUT2D eigenvalue weighted by molar-refractivity contribution is -0.137. The Morgan fingerprint density at radius 2 is 1.97 bits per heavy atom. The van der Waals surface area contributed by atoms with Gasteiger partial charge in [-0.2, -0.15) is 13.2 Å². The summed E-state index contributed by atoms with van der Waals surface area (Å²) in [6.07, 6.45) is -3.21. The molecule has 6 nitrogen and oxygen atoms in total. The predicted octanol–water partition coefficient (Wildman–Crippen LogP) is 4.45. The van der Waals surface area contributed by atoms with Crippen LogP contribution in [0.25, 0.3) is 10.9 Å². The third-order valence-electron chi connectivity index (χ3n) is 5.33. The number of halogens is 4. The number of nitrogen functional groups attached to an aromatic ring is 1. The van der Waals surface area contributed by atoms with Crippen LogP contribution in [-0.4, -0.2) is 27.3 Å². The van der Waals surface area contributed by atoms with Gasteiger partial charge in [0.25, 0.3) is 5.91 Å².